The molecule has 1 heterocycles. The van der Waals surface area contributed by atoms with E-state index in [2.05, 4.69) is 0 Å². The van der Waals surface area contributed by atoms with Gasteiger partial charge in [-0.25, -0.2) is 4.79 Å². The molecule has 0 unspecified atom stereocenters. The molecule has 0 radical (unpaired) electrons. The van der Waals surface area contributed by atoms with E-state index in [1.54, 1.807) is 60.6 Å². The second-order valence-corrected chi connectivity index (χ2v) is 14.2. The van der Waals surface area contributed by atoms with Crippen molar-refractivity contribution >= 4 is 37.0 Å². The smallest absolute Gasteiger partial charge is 0.410 e. The fourth-order valence-electron chi connectivity index (χ4n) is 5.07. The fraction of sp³-hybridized carbons (Fsp3) is 0.667. The van der Waals surface area contributed by atoms with Crippen LogP contribution in [-0.4, -0.2) is 80.4 Å². The number of amides is 2. The summed E-state index contributed by atoms with van der Waals surface area (Å²) in [7, 11) is -2.46. The molecule has 0 aromatic heterocycles. The predicted molar refractivity (Wildman–Crippen MR) is 159 cm³/mol. The second kappa shape index (κ2) is 14.6. The van der Waals surface area contributed by atoms with Crippen LogP contribution in [0.4, 0.5) is 10.5 Å². The molecule has 0 spiro atoms. The van der Waals surface area contributed by atoms with Crippen molar-refractivity contribution in [2.24, 2.45) is 17.3 Å². The van der Waals surface area contributed by atoms with Gasteiger partial charge < -0.3 is 28.3 Å². The van der Waals surface area contributed by atoms with Gasteiger partial charge in [0.15, 0.2) is 0 Å². The van der Waals surface area contributed by atoms with E-state index in [1.165, 1.54) is 16.9 Å². The zero-order valence-corrected chi connectivity index (χ0v) is 27.3. The van der Waals surface area contributed by atoms with Crippen LogP contribution in [0.15, 0.2) is 24.3 Å². The predicted octanol–water partition coefficient (Wildman–Crippen LogP) is 5.24. The molecule has 42 heavy (non-hydrogen) atoms. The number of rotatable bonds is 12. The molecular formula is C30H47N2O9P. The molecule has 2 atom stereocenters. The van der Waals surface area contributed by atoms with E-state index in [0.717, 1.165) is 5.56 Å². The highest BCUT2D eigenvalue weighted by Crippen LogP contribution is 2.48. The summed E-state index contributed by atoms with van der Waals surface area (Å²) < 4.78 is 34.5. The zero-order valence-electron chi connectivity index (χ0n) is 26.4. The molecule has 1 aliphatic heterocycles. The molecule has 0 aliphatic carbocycles. The maximum absolute atomic E-state index is 14.1. The number of ether oxygens (including phenoxy) is 2. The minimum atomic E-state index is -3.73. The van der Waals surface area contributed by atoms with Crippen LogP contribution in [0.3, 0.4) is 0 Å². The maximum atomic E-state index is 14.1. The van der Waals surface area contributed by atoms with Crippen molar-refractivity contribution in [2.45, 2.75) is 67.4 Å². The molecule has 0 N–H and O–H groups in total. The Hall–Kier alpha value is -2.75. The number of para-hydroxylation sites is 1. The van der Waals surface area contributed by atoms with Crippen molar-refractivity contribution in [3.63, 3.8) is 0 Å². The van der Waals surface area contributed by atoms with Crippen LogP contribution in [0, 0.1) is 24.2 Å². The second-order valence-electron chi connectivity index (χ2n) is 12.2. The largest absolute Gasteiger partial charge is 0.469 e. The van der Waals surface area contributed by atoms with E-state index in [4.69, 9.17) is 18.5 Å². The van der Waals surface area contributed by atoms with Gasteiger partial charge >= 0.3 is 19.7 Å². The molecule has 1 aromatic rings. The first-order chi connectivity index (χ1) is 19.5. The number of carbonyl (C=O) groups excluding carboxylic acids is 4. The lowest BCUT2D eigenvalue weighted by molar-refractivity contribution is -0.149. The first-order valence-corrected chi connectivity index (χ1v) is 16.0. The normalized spacial score (nSPS) is 17.9. The van der Waals surface area contributed by atoms with Crippen molar-refractivity contribution in [3.8, 4) is 0 Å². The highest BCUT2D eigenvalue weighted by atomic mass is 31.2. The highest BCUT2D eigenvalue weighted by molar-refractivity contribution is 7.54. The molecular weight excluding hydrogens is 563 g/mol. The summed E-state index contributed by atoms with van der Waals surface area (Å²) in [6, 6.07) is 7.22. The zero-order chi connectivity index (χ0) is 31.9. The molecule has 12 heteroatoms. The van der Waals surface area contributed by atoms with Crippen LogP contribution in [0.25, 0.3) is 0 Å². The van der Waals surface area contributed by atoms with E-state index in [-0.39, 0.29) is 45.1 Å². The maximum Gasteiger partial charge on any atom is 0.410 e. The molecule has 1 saturated heterocycles. The minimum Gasteiger partial charge on any atom is -0.469 e. The van der Waals surface area contributed by atoms with Gasteiger partial charge in [-0.05, 0) is 59.6 Å². The van der Waals surface area contributed by atoms with Gasteiger partial charge in [-0.3, -0.25) is 18.9 Å². The first-order valence-electron chi connectivity index (χ1n) is 14.3. The lowest BCUT2D eigenvalue weighted by Crippen LogP contribution is -2.53. The number of ketones is 1. The Bertz CT molecular complexity index is 1170. The van der Waals surface area contributed by atoms with Gasteiger partial charge in [-0.1, -0.05) is 32.0 Å². The third-order valence-electron chi connectivity index (χ3n) is 6.92. The molecule has 2 amide bonds. The number of hydrogen-bond acceptors (Lipinski definition) is 9. The number of hydrogen-bond donors (Lipinski definition) is 0. The number of benzene rings is 1. The lowest BCUT2D eigenvalue weighted by atomic mass is 9.75. The van der Waals surface area contributed by atoms with Crippen molar-refractivity contribution in [3.05, 3.63) is 29.8 Å². The number of carbonyl (C=O) groups is 4. The van der Waals surface area contributed by atoms with Crippen LogP contribution < -0.4 is 4.90 Å². The molecule has 11 nitrogen and oxygen atoms in total. The van der Waals surface area contributed by atoms with E-state index < -0.39 is 54.6 Å². The number of aryl methyl sites for hydroxylation is 1. The van der Waals surface area contributed by atoms with E-state index in [0.29, 0.717) is 5.69 Å². The molecule has 0 saturated carbocycles. The fourth-order valence-corrected chi connectivity index (χ4v) is 6.62. The van der Waals surface area contributed by atoms with Crippen LogP contribution in [0.1, 0.15) is 60.5 Å². The monoisotopic (exact) mass is 610 g/mol. The van der Waals surface area contributed by atoms with E-state index >= 15 is 0 Å². The number of nitrogens with zero attached hydrogens (tertiary/aromatic N) is 2. The summed E-state index contributed by atoms with van der Waals surface area (Å²) in [5.41, 5.74) is -0.530. The Morgan fingerprint density at radius 3 is 2.07 bits per heavy atom. The van der Waals surface area contributed by atoms with E-state index in [1.807, 2.05) is 19.1 Å². The van der Waals surface area contributed by atoms with E-state index in [9.17, 15) is 23.7 Å². The van der Waals surface area contributed by atoms with Crippen molar-refractivity contribution in [2.75, 3.05) is 51.0 Å². The van der Waals surface area contributed by atoms with Crippen LogP contribution in [0.5, 0.6) is 0 Å². The van der Waals surface area contributed by atoms with Gasteiger partial charge in [-0.2, -0.15) is 0 Å². The quantitative estimate of drug-likeness (QED) is 0.231. The Kier molecular flexibility index (Phi) is 12.3. The molecule has 2 rings (SSSR count). The average Bonchev–Trinajstić information content (AvgIpc) is 2.90. The third kappa shape index (κ3) is 9.64. The SMILES string of the molecule is CCOP(=O)(CC(=O)N(CC(C)(C)C(=O)[C@@H]1C[C@H](C(=O)OC)CN(C(=O)OC(C)(C)C)C1)c1ccccc1C)OCC. The van der Waals surface area contributed by atoms with Gasteiger partial charge in [0.05, 0.1) is 26.2 Å². The minimum absolute atomic E-state index is 0.0421. The molecule has 236 valence electrons. The van der Waals surface area contributed by atoms with Gasteiger partial charge in [0.1, 0.15) is 17.5 Å². The number of Topliss-reactive ketones (excluding diaryl/α,β-unsaturated/α-hetero) is 1. The first kappa shape index (κ1) is 35.4. The molecule has 0 bridgehead atoms. The summed E-state index contributed by atoms with van der Waals surface area (Å²) in [6.07, 6.45) is -0.921. The Morgan fingerprint density at radius 1 is 0.976 bits per heavy atom. The summed E-state index contributed by atoms with van der Waals surface area (Å²) >= 11 is 0. The Balaban J connectivity index is 2.42. The van der Waals surface area contributed by atoms with Crippen LogP contribution >= 0.6 is 7.60 Å². The highest BCUT2D eigenvalue weighted by Gasteiger charge is 2.44. The standard InChI is InChI=1S/C30H47N2O9P/c1-10-39-42(37,40-11-2)19-25(33)32(24-15-13-12-14-21(24)3)20-30(7,8)26(34)22-16-23(27(35)38-9)18-31(17-22)28(36)41-29(4,5)6/h12-15,22-23H,10-11,16-20H2,1-9H3/t22-,23+/m1/s1. The molecule has 1 aromatic carbocycles. The number of piperidine rings is 1. The summed E-state index contributed by atoms with van der Waals surface area (Å²) in [6.45, 7) is 14.2. The average molecular weight is 611 g/mol. The van der Waals surface area contributed by atoms with Crippen LogP contribution in [-0.2, 0) is 37.5 Å². The summed E-state index contributed by atoms with van der Waals surface area (Å²) in [5.74, 6) is -2.68. The van der Waals surface area contributed by atoms with Gasteiger partial charge in [0, 0.05) is 36.7 Å². The van der Waals surface area contributed by atoms with Gasteiger partial charge in [-0.15, -0.1) is 0 Å². The topological polar surface area (TPSA) is 129 Å². The number of likely N-dealkylation sites (tertiary alicyclic amines) is 1. The number of methoxy groups -OCH3 is 1. The van der Waals surface area contributed by atoms with Crippen molar-refractivity contribution in [1.82, 2.24) is 4.90 Å². The van der Waals surface area contributed by atoms with Crippen LogP contribution in [0.2, 0.25) is 0 Å². The van der Waals surface area contributed by atoms with Crippen molar-refractivity contribution < 1.29 is 42.3 Å². The van der Waals surface area contributed by atoms with Gasteiger partial charge in [0.25, 0.3) is 0 Å². The number of anilines is 1. The Labute approximate surface area is 249 Å². The summed E-state index contributed by atoms with van der Waals surface area (Å²) in [5, 5.41) is 0. The summed E-state index contributed by atoms with van der Waals surface area (Å²) in [4.78, 5) is 56.2. The lowest BCUT2D eigenvalue weighted by Gasteiger charge is -2.40. The number of esters is 1. The van der Waals surface area contributed by atoms with Gasteiger partial charge in [0.2, 0.25) is 5.91 Å². The third-order valence-corrected chi connectivity index (χ3v) is 8.88. The molecule has 1 fully saturated rings. The molecule has 1 aliphatic rings. The Morgan fingerprint density at radius 2 is 1.55 bits per heavy atom. The van der Waals surface area contributed by atoms with Crippen molar-refractivity contribution in [1.29, 1.82) is 0 Å².